The van der Waals surface area contributed by atoms with Gasteiger partial charge >= 0.3 is 0 Å². The van der Waals surface area contributed by atoms with Crippen molar-refractivity contribution in [2.24, 2.45) is 0 Å². The first-order valence-electron chi connectivity index (χ1n) is 9.66. The Labute approximate surface area is 163 Å². The van der Waals surface area contributed by atoms with E-state index in [0.717, 1.165) is 29.1 Å². The molecule has 0 aromatic heterocycles. The highest BCUT2D eigenvalue weighted by Crippen LogP contribution is 2.25. The molecular formula is C22H29NO3S. The van der Waals surface area contributed by atoms with Gasteiger partial charge in [-0.15, -0.1) is 0 Å². The van der Waals surface area contributed by atoms with Gasteiger partial charge in [-0.25, -0.2) is 12.7 Å². The minimum atomic E-state index is -3.94. The summed E-state index contributed by atoms with van der Waals surface area (Å²) in [7, 11) is -3.94. The van der Waals surface area contributed by atoms with Gasteiger partial charge in [-0.3, -0.25) is 4.79 Å². The number of carbonyl (C=O) groups is 1. The van der Waals surface area contributed by atoms with Crippen molar-refractivity contribution in [3.05, 3.63) is 60.2 Å². The molecule has 0 saturated heterocycles. The van der Waals surface area contributed by atoms with Gasteiger partial charge in [0.25, 0.3) is 10.0 Å². The molecule has 2 aromatic carbocycles. The first-order chi connectivity index (χ1) is 13.0. The van der Waals surface area contributed by atoms with Crippen molar-refractivity contribution in [3.8, 4) is 0 Å². The lowest BCUT2D eigenvalue weighted by Gasteiger charge is -2.23. The molecule has 0 spiro atoms. The number of para-hydroxylation sites is 1. The van der Waals surface area contributed by atoms with Gasteiger partial charge in [-0.1, -0.05) is 74.9 Å². The second-order valence-electron chi connectivity index (χ2n) is 6.83. The molecule has 0 unspecified atom stereocenters. The molecule has 0 aliphatic rings. The molecule has 0 atom stereocenters. The largest absolute Gasteiger partial charge is 0.273 e. The quantitative estimate of drug-likeness (QED) is 0.508. The summed E-state index contributed by atoms with van der Waals surface area (Å²) in [5.74, 6) is -0.378. The Balaban J connectivity index is 2.19. The van der Waals surface area contributed by atoms with Crippen LogP contribution in [0.3, 0.4) is 0 Å². The molecule has 2 aromatic rings. The van der Waals surface area contributed by atoms with Crippen LogP contribution < -0.4 is 4.31 Å². The highest BCUT2D eigenvalue weighted by Gasteiger charge is 2.30. The highest BCUT2D eigenvalue weighted by molar-refractivity contribution is 7.93. The number of rotatable bonds is 10. The van der Waals surface area contributed by atoms with Crippen LogP contribution in [0.1, 0.15) is 57.4 Å². The molecule has 0 N–H and O–H groups in total. The van der Waals surface area contributed by atoms with Crippen LogP contribution in [0.2, 0.25) is 0 Å². The van der Waals surface area contributed by atoms with Gasteiger partial charge in [0.15, 0.2) is 0 Å². The van der Waals surface area contributed by atoms with Crippen LogP contribution in [0.5, 0.6) is 0 Å². The maximum atomic E-state index is 13.2. The summed E-state index contributed by atoms with van der Waals surface area (Å²) in [6, 6.07) is 15.2. The minimum absolute atomic E-state index is 0.133. The van der Waals surface area contributed by atoms with Crippen LogP contribution in [-0.4, -0.2) is 14.3 Å². The Morgan fingerprint density at radius 3 is 2.07 bits per heavy atom. The third kappa shape index (κ3) is 5.93. The van der Waals surface area contributed by atoms with Crippen molar-refractivity contribution in [2.75, 3.05) is 4.31 Å². The van der Waals surface area contributed by atoms with Gasteiger partial charge in [0.05, 0.1) is 10.6 Å². The molecule has 1 amide bonds. The molecule has 0 fully saturated rings. The summed E-state index contributed by atoms with van der Waals surface area (Å²) in [6.45, 7) is 4.06. The number of sulfonamides is 1. The topological polar surface area (TPSA) is 54.5 Å². The Bertz CT molecular complexity index is 814. The zero-order valence-corrected chi connectivity index (χ0v) is 17.0. The average Bonchev–Trinajstić information content (AvgIpc) is 2.66. The number of hydrogen-bond acceptors (Lipinski definition) is 3. The summed E-state index contributed by atoms with van der Waals surface area (Å²) >= 11 is 0. The minimum Gasteiger partial charge on any atom is -0.273 e. The summed E-state index contributed by atoms with van der Waals surface area (Å²) < 4.78 is 27.3. The first-order valence-corrected chi connectivity index (χ1v) is 11.1. The van der Waals surface area contributed by atoms with Crippen molar-refractivity contribution in [3.63, 3.8) is 0 Å². The number of aryl methyl sites for hydroxylation is 1. The molecule has 4 nitrogen and oxygen atoms in total. The van der Waals surface area contributed by atoms with Crippen molar-refractivity contribution >= 4 is 21.6 Å². The molecular weight excluding hydrogens is 358 g/mol. The van der Waals surface area contributed by atoms with Crippen molar-refractivity contribution < 1.29 is 13.2 Å². The number of hydrogen-bond donors (Lipinski definition) is 0. The maximum absolute atomic E-state index is 13.2. The smallest absolute Gasteiger partial charge is 0.270 e. The maximum Gasteiger partial charge on any atom is 0.270 e. The first kappa shape index (κ1) is 21.2. The summed E-state index contributed by atoms with van der Waals surface area (Å²) in [4.78, 5) is 13.0. The van der Waals surface area contributed by atoms with E-state index in [-0.39, 0.29) is 17.2 Å². The molecule has 2 rings (SSSR count). The molecule has 5 heteroatoms. The molecule has 146 valence electrons. The standard InChI is InChI=1S/C22H29NO3S/c1-3-4-5-6-7-11-14-22(24)23(20-12-9-8-10-13-20)27(25,26)21-17-15-19(2)16-18-21/h8-10,12-13,15-18H,3-7,11,14H2,1-2H3. The Morgan fingerprint density at radius 1 is 0.852 bits per heavy atom. The molecule has 0 bridgehead atoms. The van der Waals surface area contributed by atoms with Gasteiger partial charge < -0.3 is 0 Å². The predicted octanol–water partition coefficient (Wildman–Crippen LogP) is 5.47. The van der Waals surface area contributed by atoms with E-state index in [1.54, 1.807) is 54.6 Å². The third-order valence-electron chi connectivity index (χ3n) is 4.52. The van der Waals surface area contributed by atoms with Crippen LogP contribution in [0, 0.1) is 6.92 Å². The zero-order chi connectivity index (χ0) is 19.7. The number of anilines is 1. The van der Waals surface area contributed by atoms with E-state index in [1.807, 2.05) is 6.92 Å². The predicted molar refractivity (Wildman–Crippen MR) is 110 cm³/mol. The van der Waals surface area contributed by atoms with Crippen molar-refractivity contribution in [1.82, 2.24) is 0 Å². The molecule has 0 aliphatic carbocycles. The second-order valence-corrected chi connectivity index (χ2v) is 8.62. The fourth-order valence-corrected chi connectivity index (χ4v) is 4.40. The van der Waals surface area contributed by atoms with E-state index < -0.39 is 10.0 Å². The van der Waals surface area contributed by atoms with E-state index in [4.69, 9.17) is 0 Å². The Kier molecular flexibility index (Phi) is 8.04. The third-order valence-corrected chi connectivity index (χ3v) is 6.28. The van der Waals surface area contributed by atoms with E-state index in [1.165, 1.54) is 12.8 Å². The van der Waals surface area contributed by atoms with E-state index in [0.29, 0.717) is 12.1 Å². The molecule has 27 heavy (non-hydrogen) atoms. The van der Waals surface area contributed by atoms with Crippen LogP contribution >= 0.6 is 0 Å². The van der Waals surface area contributed by atoms with E-state index >= 15 is 0 Å². The Morgan fingerprint density at radius 2 is 1.44 bits per heavy atom. The number of carbonyl (C=O) groups excluding carboxylic acids is 1. The van der Waals surface area contributed by atoms with Crippen LogP contribution in [0.4, 0.5) is 5.69 Å². The monoisotopic (exact) mass is 387 g/mol. The van der Waals surface area contributed by atoms with Crippen molar-refractivity contribution in [1.29, 1.82) is 0 Å². The summed E-state index contributed by atoms with van der Waals surface area (Å²) in [5, 5.41) is 0. The number of nitrogens with zero attached hydrogens (tertiary/aromatic N) is 1. The van der Waals surface area contributed by atoms with Gasteiger partial charge in [-0.05, 0) is 37.6 Å². The highest BCUT2D eigenvalue weighted by atomic mass is 32.2. The van der Waals surface area contributed by atoms with Gasteiger partial charge in [0, 0.05) is 6.42 Å². The lowest BCUT2D eigenvalue weighted by Crippen LogP contribution is -2.36. The SMILES string of the molecule is CCCCCCCCC(=O)N(c1ccccc1)S(=O)(=O)c1ccc(C)cc1. The summed E-state index contributed by atoms with van der Waals surface area (Å²) in [5.41, 5.74) is 1.35. The zero-order valence-electron chi connectivity index (χ0n) is 16.2. The van der Waals surface area contributed by atoms with Crippen LogP contribution in [-0.2, 0) is 14.8 Å². The fourth-order valence-electron chi connectivity index (χ4n) is 2.95. The second kappa shape index (κ2) is 10.3. The lowest BCUT2D eigenvalue weighted by atomic mass is 10.1. The number of unbranched alkanes of at least 4 members (excludes halogenated alkanes) is 5. The number of benzene rings is 2. The van der Waals surface area contributed by atoms with Gasteiger partial charge in [0.1, 0.15) is 0 Å². The van der Waals surface area contributed by atoms with Gasteiger partial charge in [0.2, 0.25) is 5.91 Å². The average molecular weight is 388 g/mol. The van der Waals surface area contributed by atoms with Crippen molar-refractivity contribution in [2.45, 2.75) is 63.7 Å². The Hall–Kier alpha value is -2.14. The molecule has 0 saturated carbocycles. The fraction of sp³-hybridized carbons (Fsp3) is 0.409. The van der Waals surface area contributed by atoms with E-state index in [9.17, 15) is 13.2 Å². The van der Waals surface area contributed by atoms with E-state index in [2.05, 4.69) is 6.92 Å². The molecule has 0 heterocycles. The molecule has 0 aliphatic heterocycles. The van der Waals surface area contributed by atoms with Crippen LogP contribution in [0.15, 0.2) is 59.5 Å². The van der Waals surface area contributed by atoms with Crippen LogP contribution in [0.25, 0.3) is 0 Å². The lowest BCUT2D eigenvalue weighted by molar-refractivity contribution is -0.117. The normalized spacial score (nSPS) is 11.3. The van der Waals surface area contributed by atoms with Gasteiger partial charge in [-0.2, -0.15) is 0 Å². The molecule has 0 radical (unpaired) electrons. The summed E-state index contributed by atoms with van der Waals surface area (Å²) in [6.07, 6.45) is 6.49. The number of amides is 1.